The number of carbonyl (C=O) groups excluding carboxylic acids is 2. The number of nitrogens with one attached hydrogen (secondary N) is 1. The summed E-state index contributed by atoms with van der Waals surface area (Å²) in [5.41, 5.74) is 6.29. The van der Waals surface area contributed by atoms with Crippen LogP contribution in [0.2, 0.25) is 0 Å². The zero-order valence-corrected chi connectivity index (χ0v) is 12.7. The van der Waals surface area contributed by atoms with Gasteiger partial charge in [0.1, 0.15) is 6.04 Å². The molecule has 1 aromatic carbocycles. The molecule has 0 radical (unpaired) electrons. The average molecular weight is 327 g/mol. The minimum Gasteiger partial charge on any atom is -0.368 e. The molecule has 0 aliphatic heterocycles. The summed E-state index contributed by atoms with van der Waals surface area (Å²) in [6.07, 6.45) is 0.778. The smallest absolute Gasteiger partial charge is 0.240 e. The molecule has 0 saturated heterocycles. The number of benzene rings is 1. The molecule has 19 heavy (non-hydrogen) atoms. The van der Waals surface area contributed by atoms with Gasteiger partial charge in [0, 0.05) is 17.3 Å². The normalized spacial score (nSPS) is 12.2. The van der Waals surface area contributed by atoms with Crippen LogP contribution in [0.3, 0.4) is 0 Å². The average Bonchev–Trinajstić information content (AvgIpc) is 2.29. The Labute approximate surface area is 121 Å². The highest BCUT2D eigenvalue weighted by Crippen LogP contribution is 2.17. The summed E-state index contributed by atoms with van der Waals surface area (Å²) in [7, 11) is 0. The van der Waals surface area contributed by atoms with E-state index in [1.807, 2.05) is 38.1 Å². The van der Waals surface area contributed by atoms with Gasteiger partial charge in [-0.3, -0.25) is 9.59 Å². The van der Waals surface area contributed by atoms with Crippen LogP contribution in [0, 0.1) is 5.92 Å². The van der Waals surface area contributed by atoms with Crippen molar-refractivity contribution < 1.29 is 9.59 Å². The topological polar surface area (TPSA) is 72.2 Å². The zero-order valence-electron chi connectivity index (χ0n) is 11.2. The van der Waals surface area contributed by atoms with Crippen molar-refractivity contribution in [3.63, 3.8) is 0 Å². The largest absolute Gasteiger partial charge is 0.368 e. The lowest BCUT2D eigenvalue weighted by atomic mass is 10.0. The van der Waals surface area contributed by atoms with Crippen LogP contribution in [-0.4, -0.2) is 17.9 Å². The van der Waals surface area contributed by atoms with Crippen molar-refractivity contribution >= 4 is 27.7 Å². The third-order valence-electron chi connectivity index (χ3n) is 2.65. The maximum atomic E-state index is 11.7. The molecule has 1 rings (SSSR count). The highest BCUT2D eigenvalue weighted by molar-refractivity contribution is 9.10. The van der Waals surface area contributed by atoms with E-state index >= 15 is 0 Å². The molecule has 2 amide bonds. The molecule has 0 heterocycles. The Morgan fingerprint density at radius 2 is 1.95 bits per heavy atom. The SMILES string of the molecule is CC(C)CC(=O)N[C@H](Cc1ccccc1Br)C(N)=O. The summed E-state index contributed by atoms with van der Waals surface area (Å²) in [6, 6.07) is 6.89. The van der Waals surface area contributed by atoms with Crippen molar-refractivity contribution in [3.05, 3.63) is 34.3 Å². The molecule has 1 atom stereocenters. The fourth-order valence-corrected chi connectivity index (χ4v) is 2.18. The van der Waals surface area contributed by atoms with E-state index in [0.29, 0.717) is 12.8 Å². The molecular formula is C14H19BrN2O2. The number of halogens is 1. The quantitative estimate of drug-likeness (QED) is 0.839. The molecule has 0 bridgehead atoms. The molecular weight excluding hydrogens is 308 g/mol. The summed E-state index contributed by atoms with van der Waals surface area (Å²) in [6.45, 7) is 3.90. The van der Waals surface area contributed by atoms with Crippen molar-refractivity contribution in [2.45, 2.75) is 32.7 Å². The predicted molar refractivity (Wildman–Crippen MR) is 78.4 cm³/mol. The first-order valence-electron chi connectivity index (χ1n) is 6.22. The van der Waals surface area contributed by atoms with Crippen molar-refractivity contribution in [3.8, 4) is 0 Å². The number of rotatable bonds is 6. The molecule has 0 saturated carbocycles. The van der Waals surface area contributed by atoms with E-state index in [4.69, 9.17) is 5.73 Å². The van der Waals surface area contributed by atoms with Crippen molar-refractivity contribution in [2.75, 3.05) is 0 Å². The van der Waals surface area contributed by atoms with Crippen LogP contribution in [0.1, 0.15) is 25.8 Å². The Balaban J connectivity index is 2.71. The summed E-state index contributed by atoms with van der Waals surface area (Å²) in [5.74, 6) is -0.421. The summed E-state index contributed by atoms with van der Waals surface area (Å²) >= 11 is 3.42. The van der Waals surface area contributed by atoms with E-state index in [1.165, 1.54) is 0 Å². The Morgan fingerprint density at radius 3 is 2.47 bits per heavy atom. The van der Waals surface area contributed by atoms with E-state index < -0.39 is 11.9 Å². The lowest BCUT2D eigenvalue weighted by Crippen LogP contribution is -2.46. The van der Waals surface area contributed by atoms with Crippen molar-refractivity contribution in [1.82, 2.24) is 5.32 Å². The van der Waals surface area contributed by atoms with Gasteiger partial charge >= 0.3 is 0 Å². The van der Waals surface area contributed by atoms with Gasteiger partial charge < -0.3 is 11.1 Å². The molecule has 0 aliphatic carbocycles. The van der Waals surface area contributed by atoms with Crippen LogP contribution in [-0.2, 0) is 16.0 Å². The van der Waals surface area contributed by atoms with Crippen LogP contribution < -0.4 is 11.1 Å². The van der Waals surface area contributed by atoms with Crippen molar-refractivity contribution in [1.29, 1.82) is 0 Å². The minimum atomic E-state index is -0.676. The van der Waals surface area contributed by atoms with Crippen LogP contribution in [0.4, 0.5) is 0 Å². The molecule has 0 aliphatic rings. The summed E-state index contributed by atoms with van der Waals surface area (Å²) in [4.78, 5) is 23.1. The monoisotopic (exact) mass is 326 g/mol. The predicted octanol–water partition coefficient (Wildman–Crippen LogP) is 2.01. The third-order valence-corrected chi connectivity index (χ3v) is 3.43. The second-order valence-corrected chi connectivity index (χ2v) is 5.77. The van der Waals surface area contributed by atoms with Crippen LogP contribution >= 0.6 is 15.9 Å². The molecule has 0 fully saturated rings. The van der Waals surface area contributed by atoms with Gasteiger partial charge in [0.15, 0.2) is 0 Å². The maximum Gasteiger partial charge on any atom is 0.240 e. The van der Waals surface area contributed by atoms with Gasteiger partial charge in [-0.05, 0) is 17.5 Å². The molecule has 0 spiro atoms. The number of carbonyl (C=O) groups is 2. The molecule has 4 nitrogen and oxygen atoms in total. The Kier molecular flexibility index (Phi) is 6.02. The molecule has 104 valence electrons. The molecule has 0 aromatic heterocycles. The molecule has 1 aromatic rings. The maximum absolute atomic E-state index is 11.7. The van der Waals surface area contributed by atoms with E-state index in [-0.39, 0.29) is 11.8 Å². The first kappa shape index (κ1) is 15.7. The van der Waals surface area contributed by atoms with Gasteiger partial charge in [-0.2, -0.15) is 0 Å². The van der Waals surface area contributed by atoms with Crippen LogP contribution in [0.25, 0.3) is 0 Å². The number of hydrogen-bond acceptors (Lipinski definition) is 2. The van der Waals surface area contributed by atoms with E-state index in [0.717, 1.165) is 10.0 Å². The highest BCUT2D eigenvalue weighted by Gasteiger charge is 2.19. The van der Waals surface area contributed by atoms with E-state index in [2.05, 4.69) is 21.2 Å². The standard InChI is InChI=1S/C14H19BrN2O2/c1-9(2)7-13(18)17-12(14(16)19)8-10-5-3-4-6-11(10)15/h3-6,9,12H,7-8H2,1-2H3,(H2,16,19)(H,17,18)/t12-/m1/s1. The van der Waals surface area contributed by atoms with Gasteiger partial charge in [0.25, 0.3) is 0 Å². The van der Waals surface area contributed by atoms with Gasteiger partial charge in [-0.1, -0.05) is 48.0 Å². The van der Waals surface area contributed by atoms with Gasteiger partial charge in [-0.25, -0.2) is 0 Å². The fraction of sp³-hybridized carbons (Fsp3) is 0.429. The zero-order chi connectivity index (χ0) is 14.4. The Morgan fingerprint density at radius 1 is 1.32 bits per heavy atom. The minimum absolute atomic E-state index is 0.147. The lowest BCUT2D eigenvalue weighted by molar-refractivity contribution is -0.127. The van der Waals surface area contributed by atoms with Gasteiger partial charge in [0.2, 0.25) is 11.8 Å². The molecule has 3 N–H and O–H groups in total. The Bertz CT molecular complexity index is 461. The second kappa shape index (κ2) is 7.28. The fourth-order valence-electron chi connectivity index (χ4n) is 1.73. The van der Waals surface area contributed by atoms with Crippen LogP contribution in [0.5, 0.6) is 0 Å². The first-order valence-corrected chi connectivity index (χ1v) is 7.01. The van der Waals surface area contributed by atoms with Gasteiger partial charge in [0.05, 0.1) is 0 Å². The van der Waals surface area contributed by atoms with Crippen molar-refractivity contribution in [2.24, 2.45) is 11.7 Å². The third kappa shape index (κ3) is 5.42. The number of nitrogens with two attached hydrogens (primary N) is 1. The number of hydrogen-bond donors (Lipinski definition) is 2. The highest BCUT2D eigenvalue weighted by atomic mass is 79.9. The first-order chi connectivity index (χ1) is 8.90. The molecule has 5 heteroatoms. The summed E-state index contributed by atoms with van der Waals surface area (Å²) < 4.78 is 0.902. The Hall–Kier alpha value is -1.36. The number of primary amides is 1. The van der Waals surface area contributed by atoms with Crippen LogP contribution in [0.15, 0.2) is 28.7 Å². The van der Waals surface area contributed by atoms with E-state index in [1.54, 1.807) is 0 Å². The second-order valence-electron chi connectivity index (χ2n) is 4.92. The summed E-state index contributed by atoms with van der Waals surface area (Å²) in [5, 5.41) is 2.69. The number of amides is 2. The van der Waals surface area contributed by atoms with E-state index in [9.17, 15) is 9.59 Å². The van der Waals surface area contributed by atoms with Gasteiger partial charge in [-0.15, -0.1) is 0 Å². The lowest BCUT2D eigenvalue weighted by Gasteiger charge is -2.17. The molecule has 0 unspecified atom stereocenters.